The molecule has 0 spiro atoms. The molecule has 0 bridgehead atoms. The van der Waals surface area contributed by atoms with E-state index in [2.05, 4.69) is 22.9 Å². The van der Waals surface area contributed by atoms with Crippen LogP contribution in [-0.4, -0.2) is 34.7 Å². The Balaban J connectivity index is 1.46. The highest BCUT2D eigenvalue weighted by molar-refractivity contribution is 8.26. The van der Waals surface area contributed by atoms with Gasteiger partial charge in [0.05, 0.1) is 18.1 Å². The normalized spacial score (nSPS) is 14.6. The van der Waals surface area contributed by atoms with Gasteiger partial charge in [-0.2, -0.15) is 0 Å². The number of aryl methyl sites for hydroxylation is 1. The third-order valence-corrected chi connectivity index (χ3v) is 7.09. The van der Waals surface area contributed by atoms with Gasteiger partial charge in [0.2, 0.25) is 5.91 Å². The van der Waals surface area contributed by atoms with Crippen LogP contribution in [0.1, 0.15) is 40.4 Å². The van der Waals surface area contributed by atoms with E-state index in [1.165, 1.54) is 11.8 Å². The van der Waals surface area contributed by atoms with Crippen LogP contribution in [0.25, 0.3) is 6.08 Å². The first-order chi connectivity index (χ1) is 18.9. The molecule has 3 amide bonds. The van der Waals surface area contributed by atoms with E-state index >= 15 is 0 Å². The number of para-hydroxylation sites is 1. The minimum atomic E-state index is -0.919. The number of nitrogens with one attached hydrogen (secondary N) is 3. The Labute approximate surface area is 237 Å². The molecule has 7 nitrogen and oxygen atoms in total. The lowest BCUT2D eigenvalue weighted by Crippen LogP contribution is -2.46. The van der Waals surface area contributed by atoms with Gasteiger partial charge in [-0.05, 0) is 47.4 Å². The molecule has 4 rings (SSSR count). The quantitative estimate of drug-likeness (QED) is 0.224. The zero-order valence-electron chi connectivity index (χ0n) is 21.4. The summed E-state index contributed by atoms with van der Waals surface area (Å²) in [6.45, 7) is 2.39. The molecule has 3 N–H and O–H groups in total. The number of thiocarbonyl (C=S) groups is 1. The van der Waals surface area contributed by atoms with Crippen molar-refractivity contribution in [1.82, 2.24) is 10.6 Å². The number of carbonyl (C=O) groups is 3. The number of rotatable bonds is 11. The minimum absolute atomic E-state index is 0.00115. The third-order valence-electron chi connectivity index (χ3n) is 5.93. The van der Waals surface area contributed by atoms with E-state index in [1.54, 1.807) is 30.3 Å². The van der Waals surface area contributed by atoms with Gasteiger partial charge in [-0.15, -0.1) is 0 Å². The molecule has 0 aliphatic carbocycles. The highest BCUT2D eigenvalue weighted by Gasteiger charge is 2.24. The summed E-state index contributed by atoms with van der Waals surface area (Å²) in [7, 11) is 0. The molecule has 1 heterocycles. The molecule has 0 radical (unpaired) electrons. The van der Waals surface area contributed by atoms with Crippen molar-refractivity contribution in [3.8, 4) is 0 Å². The molecule has 0 aromatic heterocycles. The van der Waals surface area contributed by atoms with Crippen molar-refractivity contribution in [3.63, 3.8) is 0 Å². The van der Waals surface area contributed by atoms with Crippen molar-refractivity contribution in [2.45, 2.75) is 32.4 Å². The van der Waals surface area contributed by atoms with Crippen LogP contribution in [0, 0.1) is 0 Å². The lowest BCUT2D eigenvalue weighted by molar-refractivity contribution is -0.119. The van der Waals surface area contributed by atoms with E-state index < -0.39 is 11.9 Å². The summed E-state index contributed by atoms with van der Waals surface area (Å²) in [4.78, 5) is 38.8. The summed E-state index contributed by atoms with van der Waals surface area (Å²) in [5, 5.41) is 8.36. The summed E-state index contributed by atoms with van der Waals surface area (Å²) in [5.74, 6) is -1.01. The minimum Gasteiger partial charge on any atom is -0.374 e. The Bertz CT molecular complexity index is 1370. The lowest BCUT2D eigenvalue weighted by atomic mass is 10.1. The maximum Gasteiger partial charge on any atom is 0.263 e. The number of hydrogen-bond donors (Lipinski definition) is 3. The number of thioether (sulfide) groups is 1. The Morgan fingerprint density at radius 2 is 1.74 bits per heavy atom. The number of anilines is 1. The molecule has 0 unspecified atom stereocenters. The summed E-state index contributed by atoms with van der Waals surface area (Å²) < 4.78 is 6.25. The molecule has 1 aliphatic rings. The first-order valence-electron chi connectivity index (χ1n) is 12.6. The fourth-order valence-electron chi connectivity index (χ4n) is 3.95. The van der Waals surface area contributed by atoms with E-state index in [0.717, 1.165) is 35.2 Å². The average Bonchev–Trinajstić information content (AvgIpc) is 3.26. The SMILES string of the molecule is CCCc1ccccc1NC(=O)[C@H](COCc1ccccc1)NC(=O)c1ccc(/C=C2\SC(=S)NC2=O)cc1. The molecule has 3 aromatic carbocycles. The van der Waals surface area contributed by atoms with Gasteiger partial charge in [0.15, 0.2) is 0 Å². The molecule has 3 aromatic rings. The highest BCUT2D eigenvalue weighted by Crippen LogP contribution is 2.26. The van der Waals surface area contributed by atoms with E-state index in [4.69, 9.17) is 17.0 Å². The molecule has 1 fully saturated rings. The Morgan fingerprint density at radius 3 is 2.44 bits per heavy atom. The summed E-state index contributed by atoms with van der Waals surface area (Å²) in [5.41, 5.74) is 3.85. The summed E-state index contributed by atoms with van der Waals surface area (Å²) in [6, 6.07) is 23.1. The van der Waals surface area contributed by atoms with Crippen LogP contribution in [0.3, 0.4) is 0 Å². The largest absolute Gasteiger partial charge is 0.374 e. The van der Waals surface area contributed by atoms with Gasteiger partial charge in [-0.1, -0.05) is 98.0 Å². The number of amides is 3. The van der Waals surface area contributed by atoms with Crippen molar-refractivity contribution < 1.29 is 19.1 Å². The number of benzene rings is 3. The van der Waals surface area contributed by atoms with Crippen LogP contribution < -0.4 is 16.0 Å². The predicted octanol–water partition coefficient (Wildman–Crippen LogP) is 5.08. The Morgan fingerprint density at radius 1 is 1.03 bits per heavy atom. The van der Waals surface area contributed by atoms with Crippen molar-refractivity contribution >= 4 is 57.8 Å². The van der Waals surface area contributed by atoms with Gasteiger partial charge < -0.3 is 20.7 Å². The van der Waals surface area contributed by atoms with Gasteiger partial charge in [0.1, 0.15) is 10.4 Å². The highest BCUT2D eigenvalue weighted by atomic mass is 32.2. The zero-order valence-corrected chi connectivity index (χ0v) is 23.1. The summed E-state index contributed by atoms with van der Waals surface area (Å²) in [6.07, 6.45) is 3.48. The Kier molecular flexibility index (Phi) is 10.0. The molecule has 1 saturated heterocycles. The van der Waals surface area contributed by atoms with Gasteiger partial charge in [-0.3, -0.25) is 14.4 Å². The van der Waals surface area contributed by atoms with Crippen molar-refractivity contribution in [2.24, 2.45) is 0 Å². The van der Waals surface area contributed by atoms with Crippen LogP contribution in [0.5, 0.6) is 0 Å². The van der Waals surface area contributed by atoms with Gasteiger partial charge in [0, 0.05) is 11.3 Å². The predicted molar refractivity (Wildman–Crippen MR) is 159 cm³/mol. The second kappa shape index (κ2) is 13.8. The monoisotopic (exact) mass is 559 g/mol. The van der Waals surface area contributed by atoms with Crippen LogP contribution in [0.4, 0.5) is 5.69 Å². The lowest BCUT2D eigenvalue weighted by Gasteiger charge is -2.20. The molecular formula is C30H29N3O4S2. The standard InChI is InChI=1S/C30H29N3O4S2/c1-2-8-22-11-6-7-12-24(22)31-28(35)25(19-37-18-21-9-4-3-5-10-21)32-27(34)23-15-13-20(14-16-23)17-26-29(36)33-30(38)39-26/h3-7,9-17,25H,2,8,18-19H2,1H3,(H,31,35)(H,32,34)(H,33,36,38)/b26-17-/t25-/m0/s1. The molecule has 0 saturated carbocycles. The first kappa shape index (κ1) is 28.2. The van der Waals surface area contributed by atoms with Crippen LogP contribution >= 0.6 is 24.0 Å². The summed E-state index contributed by atoms with van der Waals surface area (Å²) >= 11 is 6.21. The first-order valence-corrected chi connectivity index (χ1v) is 13.8. The average molecular weight is 560 g/mol. The molecule has 200 valence electrons. The second-order valence-electron chi connectivity index (χ2n) is 8.90. The van der Waals surface area contributed by atoms with E-state index in [1.807, 2.05) is 54.6 Å². The van der Waals surface area contributed by atoms with Gasteiger partial charge >= 0.3 is 0 Å². The van der Waals surface area contributed by atoms with Crippen molar-refractivity contribution in [3.05, 3.63) is 106 Å². The fourth-order valence-corrected chi connectivity index (χ4v) is 4.99. The molecule has 1 atom stereocenters. The zero-order chi connectivity index (χ0) is 27.6. The maximum atomic E-state index is 13.3. The third kappa shape index (κ3) is 8.10. The van der Waals surface area contributed by atoms with Gasteiger partial charge in [0.25, 0.3) is 11.8 Å². The topological polar surface area (TPSA) is 96.5 Å². The van der Waals surface area contributed by atoms with E-state index in [-0.39, 0.29) is 18.4 Å². The molecular weight excluding hydrogens is 530 g/mol. The number of carbonyl (C=O) groups excluding carboxylic acids is 3. The van der Waals surface area contributed by atoms with E-state index in [0.29, 0.717) is 21.4 Å². The fraction of sp³-hybridized carbons (Fsp3) is 0.200. The second-order valence-corrected chi connectivity index (χ2v) is 10.6. The van der Waals surface area contributed by atoms with Crippen molar-refractivity contribution in [1.29, 1.82) is 0 Å². The Hall–Kier alpha value is -3.79. The van der Waals surface area contributed by atoms with Crippen LogP contribution in [0.2, 0.25) is 0 Å². The van der Waals surface area contributed by atoms with Gasteiger partial charge in [-0.25, -0.2) is 0 Å². The number of ether oxygens (including phenoxy) is 1. The van der Waals surface area contributed by atoms with Crippen molar-refractivity contribution in [2.75, 3.05) is 11.9 Å². The van der Waals surface area contributed by atoms with E-state index in [9.17, 15) is 14.4 Å². The molecule has 9 heteroatoms. The molecule has 39 heavy (non-hydrogen) atoms. The maximum absolute atomic E-state index is 13.3. The van der Waals surface area contributed by atoms with Crippen LogP contribution in [0.15, 0.2) is 83.8 Å². The smallest absolute Gasteiger partial charge is 0.263 e. The molecule has 1 aliphatic heterocycles. The number of hydrogen-bond acceptors (Lipinski definition) is 6. The van der Waals surface area contributed by atoms with Crippen LogP contribution in [-0.2, 0) is 27.4 Å².